The van der Waals surface area contributed by atoms with Gasteiger partial charge in [-0.1, -0.05) is 51.0 Å². The summed E-state index contributed by atoms with van der Waals surface area (Å²) in [5, 5.41) is 13.5. The average molecular weight is 377 g/mol. The van der Waals surface area contributed by atoms with Gasteiger partial charge in [0.05, 0.1) is 6.54 Å². The first-order valence-corrected chi connectivity index (χ1v) is 8.09. The van der Waals surface area contributed by atoms with Crippen LogP contribution in [0.5, 0.6) is 0 Å². The fourth-order valence-corrected chi connectivity index (χ4v) is 1.71. The van der Waals surface area contributed by atoms with Gasteiger partial charge in [0, 0.05) is 17.3 Å². The summed E-state index contributed by atoms with van der Waals surface area (Å²) in [4.78, 5) is 3.68. The molecule has 0 radical (unpaired) electrons. The zero-order valence-electron chi connectivity index (χ0n) is 15.4. The SMILES string of the molecule is C=C/C=C(/C#Cc1ccc(C(F)(F)C(O)CN(N)/C=N\N)nc1)C=C.CC. The zero-order valence-corrected chi connectivity index (χ0v) is 15.4. The van der Waals surface area contributed by atoms with E-state index in [1.54, 1.807) is 18.2 Å². The Morgan fingerprint density at radius 1 is 1.44 bits per heavy atom. The van der Waals surface area contributed by atoms with Gasteiger partial charge in [0.2, 0.25) is 0 Å². The van der Waals surface area contributed by atoms with Crippen LogP contribution in [0.4, 0.5) is 8.78 Å². The third kappa shape index (κ3) is 7.81. The lowest BCUT2D eigenvalue weighted by Gasteiger charge is -2.24. The van der Waals surface area contributed by atoms with Gasteiger partial charge in [0.25, 0.3) is 0 Å². The van der Waals surface area contributed by atoms with E-state index in [-0.39, 0.29) is 0 Å². The molecule has 27 heavy (non-hydrogen) atoms. The first-order valence-electron chi connectivity index (χ1n) is 8.09. The number of allylic oxidation sites excluding steroid dienone is 4. The Balaban J connectivity index is 0.00000326. The van der Waals surface area contributed by atoms with Crippen molar-refractivity contribution in [3.05, 3.63) is 66.5 Å². The highest BCUT2D eigenvalue weighted by Gasteiger charge is 2.42. The van der Waals surface area contributed by atoms with Crippen LogP contribution in [0.1, 0.15) is 25.1 Å². The number of alkyl halides is 2. The molecule has 1 rings (SSSR count). The lowest BCUT2D eigenvalue weighted by molar-refractivity contribution is -0.122. The fourth-order valence-electron chi connectivity index (χ4n) is 1.71. The Bertz CT molecular complexity index is 718. The maximum Gasteiger partial charge on any atom is 0.316 e. The third-order valence-corrected chi connectivity index (χ3v) is 2.99. The highest BCUT2D eigenvalue weighted by Crippen LogP contribution is 2.30. The molecular weight excluding hydrogens is 352 g/mol. The lowest BCUT2D eigenvalue weighted by Crippen LogP contribution is -2.44. The Morgan fingerprint density at radius 2 is 2.11 bits per heavy atom. The number of aliphatic hydroxyl groups excluding tert-OH is 1. The molecule has 1 atom stereocenters. The van der Waals surface area contributed by atoms with Crippen molar-refractivity contribution in [2.45, 2.75) is 25.9 Å². The summed E-state index contributed by atoms with van der Waals surface area (Å²) >= 11 is 0. The minimum Gasteiger partial charge on any atom is -0.384 e. The minimum atomic E-state index is -3.61. The van der Waals surface area contributed by atoms with Crippen LogP contribution >= 0.6 is 0 Å². The Kier molecular flexibility index (Phi) is 11.0. The van der Waals surface area contributed by atoms with Crippen molar-refractivity contribution >= 4 is 6.34 Å². The molecule has 8 heteroatoms. The van der Waals surface area contributed by atoms with Gasteiger partial charge in [0.15, 0.2) is 0 Å². The van der Waals surface area contributed by atoms with Crippen molar-refractivity contribution in [2.75, 3.05) is 6.54 Å². The largest absolute Gasteiger partial charge is 0.384 e. The number of hydrazone groups is 1. The lowest BCUT2D eigenvalue weighted by atomic mass is 10.1. The molecule has 0 bridgehead atoms. The number of hydrazine groups is 1. The molecule has 0 fully saturated rings. The van der Waals surface area contributed by atoms with E-state index in [2.05, 4.69) is 35.1 Å². The maximum atomic E-state index is 14.2. The number of rotatable bonds is 7. The molecule has 0 aliphatic heterocycles. The summed E-state index contributed by atoms with van der Waals surface area (Å²) in [6, 6.07) is 2.47. The van der Waals surface area contributed by atoms with Crippen LogP contribution in [0.2, 0.25) is 0 Å². The predicted octanol–water partition coefficient (Wildman–Crippen LogP) is 2.29. The molecule has 0 amide bonds. The molecule has 146 valence electrons. The highest BCUT2D eigenvalue weighted by molar-refractivity contribution is 5.53. The van der Waals surface area contributed by atoms with Crippen LogP contribution < -0.4 is 11.7 Å². The second-order valence-electron chi connectivity index (χ2n) is 4.84. The van der Waals surface area contributed by atoms with E-state index < -0.39 is 24.3 Å². The van der Waals surface area contributed by atoms with Gasteiger partial charge in [0.1, 0.15) is 18.1 Å². The van der Waals surface area contributed by atoms with E-state index in [0.717, 1.165) is 17.4 Å². The summed E-state index contributed by atoms with van der Waals surface area (Å²) in [5.74, 6) is 12.2. The quantitative estimate of drug-likeness (QED) is 0.169. The molecule has 1 aromatic heterocycles. The average Bonchev–Trinajstić information content (AvgIpc) is 2.67. The van der Waals surface area contributed by atoms with Crippen LogP contribution in [0.15, 0.2) is 60.4 Å². The number of aromatic nitrogens is 1. The fraction of sp³-hybridized carbons (Fsp3) is 0.263. The van der Waals surface area contributed by atoms with Crippen molar-refractivity contribution in [2.24, 2.45) is 16.8 Å². The molecule has 6 nitrogen and oxygen atoms in total. The van der Waals surface area contributed by atoms with Gasteiger partial charge in [-0.05, 0) is 18.2 Å². The first kappa shape index (κ1) is 24.0. The Labute approximate surface area is 158 Å². The first-order chi connectivity index (χ1) is 12.8. The summed E-state index contributed by atoms with van der Waals surface area (Å²) in [6.07, 6.45) is 4.78. The molecule has 0 aliphatic rings. The van der Waals surface area contributed by atoms with Crippen LogP contribution in [-0.2, 0) is 5.92 Å². The van der Waals surface area contributed by atoms with Crippen molar-refractivity contribution in [1.82, 2.24) is 9.99 Å². The number of nitrogens with two attached hydrogens (primary N) is 2. The summed E-state index contributed by atoms with van der Waals surface area (Å²) in [7, 11) is 0. The van der Waals surface area contributed by atoms with Crippen LogP contribution in [0, 0.1) is 11.8 Å². The zero-order chi connectivity index (χ0) is 20.9. The van der Waals surface area contributed by atoms with Gasteiger partial charge in [-0.3, -0.25) is 9.99 Å². The van der Waals surface area contributed by atoms with E-state index in [1.165, 1.54) is 12.3 Å². The maximum absolute atomic E-state index is 14.2. The Morgan fingerprint density at radius 3 is 2.59 bits per heavy atom. The molecule has 0 saturated heterocycles. The molecule has 0 spiro atoms. The molecule has 1 aromatic rings. The number of halogens is 2. The predicted molar refractivity (Wildman–Crippen MR) is 104 cm³/mol. The monoisotopic (exact) mass is 377 g/mol. The molecule has 0 aliphatic carbocycles. The van der Waals surface area contributed by atoms with Crippen LogP contribution in [0.3, 0.4) is 0 Å². The van der Waals surface area contributed by atoms with E-state index in [4.69, 9.17) is 11.7 Å². The summed E-state index contributed by atoms with van der Waals surface area (Å²) in [5.41, 5.74) is 0.459. The second-order valence-corrected chi connectivity index (χ2v) is 4.84. The number of aliphatic hydroxyl groups is 1. The van der Waals surface area contributed by atoms with Crippen LogP contribution in [-0.4, -0.2) is 34.1 Å². The van der Waals surface area contributed by atoms with E-state index >= 15 is 0 Å². The minimum absolute atomic E-state index is 0.432. The van der Waals surface area contributed by atoms with Crippen molar-refractivity contribution < 1.29 is 13.9 Å². The second kappa shape index (κ2) is 12.4. The van der Waals surface area contributed by atoms with E-state index in [1.807, 2.05) is 13.8 Å². The topological polar surface area (TPSA) is 101 Å². The van der Waals surface area contributed by atoms with Crippen LogP contribution in [0.25, 0.3) is 0 Å². The molecule has 0 saturated carbocycles. The van der Waals surface area contributed by atoms with Gasteiger partial charge >= 0.3 is 5.92 Å². The third-order valence-electron chi connectivity index (χ3n) is 2.99. The van der Waals surface area contributed by atoms with Crippen molar-refractivity contribution in [1.29, 1.82) is 0 Å². The van der Waals surface area contributed by atoms with Gasteiger partial charge in [-0.15, -0.1) is 0 Å². The molecule has 0 aromatic carbocycles. The number of hydrogen-bond donors (Lipinski definition) is 3. The molecule has 1 unspecified atom stereocenters. The van der Waals surface area contributed by atoms with Crippen molar-refractivity contribution in [3.8, 4) is 11.8 Å². The molecule has 5 N–H and O–H groups in total. The Hall–Kier alpha value is -3.02. The summed E-state index contributed by atoms with van der Waals surface area (Å²) in [6.45, 7) is 10.6. The smallest absolute Gasteiger partial charge is 0.316 e. The standard InChI is InChI=1S/C17H19F2N5O.C2H6/c1-3-5-13(4-2)6-7-14-8-9-15(22-10-14)17(18,19)16(25)11-24(21)12-23-20;1-2/h3-5,8-10,12,16,25H,1-2,11,20-21H2;1-2H3/b13-5+,23-12-;. The van der Waals surface area contributed by atoms with E-state index in [0.29, 0.717) is 11.1 Å². The summed E-state index contributed by atoms with van der Waals surface area (Å²) < 4.78 is 28.4. The number of nitrogens with zero attached hydrogens (tertiary/aromatic N) is 3. The van der Waals surface area contributed by atoms with Gasteiger partial charge in [-0.2, -0.15) is 13.9 Å². The number of pyridine rings is 1. The number of hydrogen-bond acceptors (Lipinski definition) is 5. The molecule has 1 heterocycles. The van der Waals surface area contributed by atoms with Gasteiger partial charge < -0.3 is 10.9 Å². The van der Waals surface area contributed by atoms with Gasteiger partial charge in [-0.25, -0.2) is 5.84 Å². The normalized spacial score (nSPS) is 12.3. The van der Waals surface area contributed by atoms with E-state index in [9.17, 15) is 13.9 Å². The highest BCUT2D eigenvalue weighted by atomic mass is 19.3. The molecular formula is C19H25F2N5O. The van der Waals surface area contributed by atoms with Crippen molar-refractivity contribution in [3.63, 3.8) is 0 Å².